The van der Waals surface area contributed by atoms with Gasteiger partial charge in [0.1, 0.15) is 5.00 Å². The Morgan fingerprint density at radius 3 is 2.78 bits per heavy atom. The Bertz CT molecular complexity index is 861. The van der Waals surface area contributed by atoms with E-state index in [1.165, 1.54) is 34.4 Å². The summed E-state index contributed by atoms with van der Waals surface area (Å²) in [5, 5.41) is 13.2. The smallest absolute Gasteiger partial charge is 0.251 e. The van der Waals surface area contributed by atoms with Gasteiger partial charge in [-0.25, -0.2) is 0 Å². The fourth-order valence-corrected chi connectivity index (χ4v) is 5.20. The lowest BCUT2D eigenvalue weighted by Crippen LogP contribution is -2.32. The van der Waals surface area contributed by atoms with Gasteiger partial charge in [-0.2, -0.15) is 0 Å². The summed E-state index contributed by atoms with van der Waals surface area (Å²) in [7, 11) is 0. The molecule has 2 aromatic heterocycles. The quantitative estimate of drug-likeness (QED) is 0.496. The van der Waals surface area contributed by atoms with Gasteiger partial charge in [0.05, 0.1) is 10.8 Å². The van der Waals surface area contributed by atoms with E-state index in [2.05, 4.69) is 15.5 Å². The fourth-order valence-electron chi connectivity index (χ4n) is 2.34. The van der Waals surface area contributed by atoms with Crippen LogP contribution < -0.4 is 16.0 Å². The third-order valence-corrected chi connectivity index (χ3v) is 6.84. The van der Waals surface area contributed by atoms with Crippen LogP contribution in [0.3, 0.4) is 0 Å². The number of amides is 3. The third kappa shape index (κ3) is 4.66. The minimum atomic E-state index is -0.582. The zero-order valence-corrected chi connectivity index (χ0v) is 17.2. The number of rotatable bonds is 8. The Balaban J connectivity index is 1.64. The maximum Gasteiger partial charge on any atom is 0.251 e. The maximum atomic E-state index is 12.4. The van der Waals surface area contributed by atoms with Gasteiger partial charge in [-0.3, -0.25) is 19.3 Å². The van der Waals surface area contributed by atoms with Crippen LogP contribution in [0.5, 0.6) is 0 Å². The number of hydrogen-bond donors (Lipinski definition) is 2. The Labute approximate surface area is 168 Å². The monoisotopic (exact) mass is 425 g/mol. The first-order valence-electron chi connectivity index (χ1n) is 8.41. The van der Waals surface area contributed by atoms with Crippen molar-refractivity contribution in [2.24, 2.45) is 5.73 Å². The van der Waals surface area contributed by atoms with Crippen LogP contribution in [-0.4, -0.2) is 39.2 Å². The summed E-state index contributed by atoms with van der Waals surface area (Å²) in [5.41, 5.74) is 5.59. The highest BCUT2D eigenvalue weighted by atomic mass is 32.2. The molecule has 8 nitrogen and oxygen atoms in total. The maximum absolute atomic E-state index is 12.4. The van der Waals surface area contributed by atoms with Crippen LogP contribution in [0.25, 0.3) is 0 Å². The minimum absolute atomic E-state index is 0.0349. The molecule has 0 radical (unpaired) electrons. The fraction of sp³-hybridized carbons (Fsp3) is 0.438. The van der Waals surface area contributed by atoms with Crippen molar-refractivity contribution in [1.29, 1.82) is 0 Å². The summed E-state index contributed by atoms with van der Waals surface area (Å²) in [6.07, 6.45) is 2.38. The van der Waals surface area contributed by atoms with E-state index in [1.807, 2.05) is 6.92 Å². The van der Waals surface area contributed by atoms with Crippen LogP contribution in [0.15, 0.2) is 15.8 Å². The van der Waals surface area contributed by atoms with Crippen molar-refractivity contribution in [3.05, 3.63) is 17.0 Å². The number of hydrogen-bond acceptors (Lipinski definition) is 8. The number of nitrogens with zero attached hydrogens (tertiary/aromatic N) is 3. The van der Waals surface area contributed by atoms with Gasteiger partial charge in [0.2, 0.25) is 16.9 Å². The molecule has 3 rings (SSSR count). The molecule has 144 valence electrons. The molecule has 3 amide bonds. The Morgan fingerprint density at radius 1 is 1.41 bits per heavy atom. The topological polar surface area (TPSA) is 118 Å². The number of aromatic nitrogens is 2. The number of thioether (sulfide) groups is 1. The van der Waals surface area contributed by atoms with Gasteiger partial charge in [0.25, 0.3) is 5.91 Å². The van der Waals surface area contributed by atoms with Gasteiger partial charge >= 0.3 is 0 Å². The van der Waals surface area contributed by atoms with E-state index in [-0.39, 0.29) is 17.9 Å². The Morgan fingerprint density at radius 2 is 2.15 bits per heavy atom. The first kappa shape index (κ1) is 19.8. The van der Waals surface area contributed by atoms with Crippen LogP contribution in [-0.2, 0) is 9.59 Å². The summed E-state index contributed by atoms with van der Waals surface area (Å²) < 4.78 is 0.614. The van der Waals surface area contributed by atoms with E-state index in [9.17, 15) is 14.4 Å². The molecule has 1 atom stereocenters. The molecule has 11 heteroatoms. The molecule has 2 aromatic rings. The van der Waals surface area contributed by atoms with Gasteiger partial charge in [-0.05, 0) is 31.2 Å². The molecule has 1 aliphatic carbocycles. The van der Waals surface area contributed by atoms with E-state index >= 15 is 0 Å². The van der Waals surface area contributed by atoms with Gasteiger partial charge in [-0.15, -0.1) is 21.5 Å². The average molecular weight is 426 g/mol. The van der Waals surface area contributed by atoms with Crippen LogP contribution >= 0.6 is 34.4 Å². The molecule has 0 spiro atoms. The Hall–Kier alpha value is -1.98. The average Bonchev–Trinajstić information content (AvgIpc) is 3.16. The van der Waals surface area contributed by atoms with E-state index in [0.29, 0.717) is 26.5 Å². The largest absolute Gasteiger partial charge is 0.366 e. The van der Waals surface area contributed by atoms with Gasteiger partial charge < -0.3 is 11.1 Å². The Kier molecular flexibility index (Phi) is 6.12. The van der Waals surface area contributed by atoms with Crippen LogP contribution in [0.2, 0.25) is 0 Å². The van der Waals surface area contributed by atoms with Gasteiger partial charge in [-0.1, -0.05) is 30.0 Å². The summed E-state index contributed by atoms with van der Waals surface area (Å²) in [6.45, 7) is 3.57. The molecule has 2 heterocycles. The minimum Gasteiger partial charge on any atom is -0.366 e. The number of nitrogens with two attached hydrogens (primary N) is 1. The molecule has 0 aromatic carbocycles. The number of thiophene rings is 1. The predicted molar refractivity (Wildman–Crippen MR) is 107 cm³/mol. The molecular weight excluding hydrogens is 406 g/mol. The standard InChI is InChI=1S/C16H19N5O3S3/c1-3-11(22)21(9-4-5-9)15-19-20-16(27-15)26-8(2)13(24)18-14-10(12(17)23)6-7-25-14/h6-9H,3-5H2,1-2H3,(H2,17,23)(H,18,24). The number of carbonyl (C=O) groups excluding carboxylic acids is 3. The summed E-state index contributed by atoms with van der Waals surface area (Å²) in [5.74, 6) is -0.806. The molecule has 1 unspecified atom stereocenters. The van der Waals surface area contributed by atoms with Crippen LogP contribution in [0.4, 0.5) is 10.1 Å². The summed E-state index contributed by atoms with van der Waals surface area (Å²) in [6, 6.07) is 1.80. The number of nitrogens with one attached hydrogen (secondary N) is 1. The van der Waals surface area contributed by atoms with Gasteiger partial charge in [0, 0.05) is 12.5 Å². The molecule has 0 aliphatic heterocycles. The van der Waals surface area contributed by atoms with Crippen LogP contribution in [0, 0.1) is 0 Å². The van der Waals surface area contributed by atoms with E-state index in [1.54, 1.807) is 23.3 Å². The molecular formula is C16H19N5O3S3. The molecule has 1 saturated carbocycles. The highest BCUT2D eigenvalue weighted by Gasteiger charge is 2.35. The first-order chi connectivity index (χ1) is 12.9. The van der Waals surface area contributed by atoms with Crippen molar-refractivity contribution in [2.75, 3.05) is 10.2 Å². The number of primary amides is 1. The van der Waals surface area contributed by atoms with Crippen LogP contribution in [0.1, 0.15) is 43.5 Å². The van der Waals surface area contributed by atoms with Crippen molar-refractivity contribution in [3.63, 3.8) is 0 Å². The molecule has 3 N–H and O–H groups in total. The molecule has 1 fully saturated rings. The third-order valence-electron chi connectivity index (χ3n) is 3.90. The first-order valence-corrected chi connectivity index (χ1v) is 11.0. The lowest BCUT2D eigenvalue weighted by molar-refractivity contribution is -0.118. The lowest BCUT2D eigenvalue weighted by atomic mass is 10.3. The predicted octanol–water partition coefficient (Wildman–Crippen LogP) is 2.72. The van der Waals surface area contributed by atoms with Crippen molar-refractivity contribution in [1.82, 2.24) is 10.2 Å². The molecule has 0 saturated heterocycles. The van der Waals surface area contributed by atoms with E-state index in [0.717, 1.165) is 12.8 Å². The summed E-state index contributed by atoms with van der Waals surface area (Å²) in [4.78, 5) is 37.6. The van der Waals surface area contributed by atoms with Crippen molar-refractivity contribution >= 4 is 62.3 Å². The molecule has 0 bridgehead atoms. The zero-order valence-electron chi connectivity index (χ0n) is 14.8. The number of anilines is 2. The van der Waals surface area contributed by atoms with Crippen molar-refractivity contribution in [2.45, 2.75) is 48.7 Å². The second-order valence-corrected chi connectivity index (χ2v) is 9.44. The van der Waals surface area contributed by atoms with Crippen molar-refractivity contribution < 1.29 is 14.4 Å². The second-order valence-electron chi connectivity index (χ2n) is 5.98. The second kappa shape index (κ2) is 8.36. The van der Waals surface area contributed by atoms with E-state index in [4.69, 9.17) is 5.73 Å². The molecule has 27 heavy (non-hydrogen) atoms. The lowest BCUT2D eigenvalue weighted by Gasteiger charge is -2.17. The normalized spacial score (nSPS) is 14.6. The molecule has 1 aliphatic rings. The SMILES string of the molecule is CCC(=O)N(c1nnc(SC(C)C(=O)Nc2sccc2C(N)=O)s1)C1CC1. The zero-order chi connectivity index (χ0) is 19.6. The van der Waals surface area contributed by atoms with Gasteiger partial charge in [0.15, 0.2) is 4.34 Å². The highest BCUT2D eigenvalue weighted by molar-refractivity contribution is 8.02. The van der Waals surface area contributed by atoms with Crippen molar-refractivity contribution in [3.8, 4) is 0 Å². The van der Waals surface area contributed by atoms with E-state index < -0.39 is 11.2 Å². The summed E-state index contributed by atoms with van der Waals surface area (Å²) >= 11 is 3.81. The number of carbonyl (C=O) groups is 3. The highest BCUT2D eigenvalue weighted by Crippen LogP contribution is 2.37.